The van der Waals surface area contributed by atoms with Gasteiger partial charge in [0.2, 0.25) is 0 Å². The zero-order valence-corrected chi connectivity index (χ0v) is 18.0. The Bertz CT molecular complexity index is 591. The molecular formula is C20H31IN4O. The first kappa shape index (κ1) is 19.9. The van der Waals surface area contributed by atoms with Gasteiger partial charge in [0.05, 0.1) is 13.2 Å². The Hall–Kier alpha value is -0.860. The van der Waals surface area contributed by atoms with E-state index >= 15 is 0 Å². The molecule has 4 rings (SSSR count). The van der Waals surface area contributed by atoms with Crippen LogP contribution in [0.1, 0.15) is 31.2 Å². The minimum absolute atomic E-state index is 0. The van der Waals surface area contributed by atoms with E-state index in [0.29, 0.717) is 18.0 Å². The summed E-state index contributed by atoms with van der Waals surface area (Å²) in [6.45, 7) is 9.07. The van der Waals surface area contributed by atoms with Crippen LogP contribution in [0.4, 0.5) is 0 Å². The van der Waals surface area contributed by atoms with Gasteiger partial charge in [-0.15, -0.1) is 24.0 Å². The van der Waals surface area contributed by atoms with E-state index < -0.39 is 0 Å². The number of halogens is 1. The molecule has 26 heavy (non-hydrogen) atoms. The maximum Gasteiger partial charge on any atom is 0.194 e. The molecule has 1 aromatic carbocycles. The number of hydrogen-bond acceptors (Lipinski definition) is 3. The van der Waals surface area contributed by atoms with Crippen molar-refractivity contribution in [3.05, 3.63) is 35.9 Å². The second-order valence-corrected chi connectivity index (χ2v) is 7.34. The summed E-state index contributed by atoms with van der Waals surface area (Å²) in [5.74, 6) is 1.75. The van der Waals surface area contributed by atoms with Crippen molar-refractivity contribution in [2.75, 3.05) is 45.9 Å². The van der Waals surface area contributed by atoms with Gasteiger partial charge in [-0.1, -0.05) is 30.3 Å². The monoisotopic (exact) mass is 470 g/mol. The van der Waals surface area contributed by atoms with Crippen LogP contribution in [0.3, 0.4) is 0 Å². The molecule has 2 heterocycles. The third-order valence-electron chi connectivity index (χ3n) is 5.67. The first-order valence-electron chi connectivity index (χ1n) is 9.78. The van der Waals surface area contributed by atoms with Gasteiger partial charge >= 0.3 is 0 Å². The number of nitrogens with zero attached hydrogens (tertiary/aromatic N) is 3. The van der Waals surface area contributed by atoms with E-state index in [0.717, 1.165) is 51.9 Å². The van der Waals surface area contributed by atoms with E-state index in [4.69, 9.17) is 9.73 Å². The fourth-order valence-corrected chi connectivity index (χ4v) is 4.15. The van der Waals surface area contributed by atoms with Crippen molar-refractivity contribution in [3.8, 4) is 0 Å². The Balaban J connectivity index is 0.00000196. The zero-order chi connectivity index (χ0) is 17.1. The summed E-state index contributed by atoms with van der Waals surface area (Å²) in [4.78, 5) is 9.84. The van der Waals surface area contributed by atoms with Gasteiger partial charge in [0, 0.05) is 50.7 Å². The molecule has 2 aliphatic heterocycles. The molecule has 0 spiro atoms. The van der Waals surface area contributed by atoms with Crippen LogP contribution in [0.15, 0.2) is 35.3 Å². The number of likely N-dealkylation sites (tertiary alicyclic amines) is 1. The SMILES string of the molecule is CCN=C(NC1CC1c1ccccc1)N1CCC(N2CCOCC2)C1.I. The average Bonchev–Trinajstić information content (AvgIpc) is 3.26. The minimum atomic E-state index is 0. The Kier molecular flexibility index (Phi) is 7.17. The van der Waals surface area contributed by atoms with Crippen molar-refractivity contribution < 1.29 is 4.74 Å². The van der Waals surface area contributed by atoms with E-state index in [-0.39, 0.29) is 24.0 Å². The van der Waals surface area contributed by atoms with Crippen LogP contribution >= 0.6 is 24.0 Å². The van der Waals surface area contributed by atoms with Crippen molar-refractivity contribution in [1.82, 2.24) is 15.1 Å². The number of ether oxygens (including phenoxy) is 1. The van der Waals surface area contributed by atoms with Crippen LogP contribution in [0.25, 0.3) is 0 Å². The number of aliphatic imine (C=N–C) groups is 1. The average molecular weight is 470 g/mol. The summed E-state index contributed by atoms with van der Waals surface area (Å²) < 4.78 is 5.50. The molecule has 1 aromatic rings. The second-order valence-electron chi connectivity index (χ2n) is 7.34. The van der Waals surface area contributed by atoms with E-state index in [1.165, 1.54) is 18.4 Å². The molecule has 3 atom stereocenters. The van der Waals surface area contributed by atoms with Gasteiger partial charge in [-0.2, -0.15) is 0 Å². The van der Waals surface area contributed by atoms with E-state index in [2.05, 4.69) is 52.4 Å². The predicted molar refractivity (Wildman–Crippen MR) is 116 cm³/mol. The molecule has 144 valence electrons. The van der Waals surface area contributed by atoms with Gasteiger partial charge in [0.1, 0.15) is 0 Å². The zero-order valence-electron chi connectivity index (χ0n) is 15.6. The van der Waals surface area contributed by atoms with Crippen LogP contribution in [0, 0.1) is 0 Å². The highest BCUT2D eigenvalue weighted by atomic mass is 127. The largest absolute Gasteiger partial charge is 0.379 e. The molecule has 0 bridgehead atoms. The first-order chi connectivity index (χ1) is 12.3. The van der Waals surface area contributed by atoms with Gasteiger partial charge < -0.3 is 15.0 Å². The van der Waals surface area contributed by atoms with Crippen molar-refractivity contribution in [2.45, 2.75) is 37.8 Å². The lowest BCUT2D eigenvalue weighted by Crippen LogP contribution is -2.47. The van der Waals surface area contributed by atoms with E-state index in [1.54, 1.807) is 0 Å². The Morgan fingerprint density at radius 1 is 1.19 bits per heavy atom. The topological polar surface area (TPSA) is 40.1 Å². The number of rotatable bonds is 4. The molecule has 3 aliphatic rings. The standard InChI is InChI=1S/C20H30N4O.HI/c1-2-21-20(22-19-14-18(19)16-6-4-3-5-7-16)24-9-8-17(15-24)23-10-12-25-13-11-23;/h3-7,17-19H,2,8-15H2,1H3,(H,21,22);1H. The molecule has 6 heteroatoms. The molecule has 5 nitrogen and oxygen atoms in total. The smallest absolute Gasteiger partial charge is 0.194 e. The second kappa shape index (κ2) is 9.37. The van der Waals surface area contributed by atoms with Crippen LogP contribution in [0.5, 0.6) is 0 Å². The fourth-order valence-electron chi connectivity index (χ4n) is 4.15. The normalized spacial score (nSPS) is 29.3. The number of guanidine groups is 1. The molecule has 3 unspecified atom stereocenters. The van der Waals surface area contributed by atoms with E-state index in [1.807, 2.05) is 0 Å². The lowest BCUT2D eigenvalue weighted by molar-refractivity contribution is 0.0195. The highest BCUT2D eigenvalue weighted by Crippen LogP contribution is 2.40. The predicted octanol–water partition coefficient (Wildman–Crippen LogP) is 2.53. The summed E-state index contributed by atoms with van der Waals surface area (Å²) in [6, 6.07) is 12.0. The Morgan fingerprint density at radius 2 is 1.96 bits per heavy atom. The number of hydrogen-bond donors (Lipinski definition) is 1. The highest BCUT2D eigenvalue weighted by Gasteiger charge is 2.40. The van der Waals surface area contributed by atoms with Crippen LogP contribution < -0.4 is 5.32 Å². The molecule has 3 fully saturated rings. The van der Waals surface area contributed by atoms with Crippen LogP contribution in [0.2, 0.25) is 0 Å². The van der Waals surface area contributed by atoms with Crippen molar-refractivity contribution in [3.63, 3.8) is 0 Å². The molecule has 0 aromatic heterocycles. The summed E-state index contributed by atoms with van der Waals surface area (Å²) in [6.07, 6.45) is 2.45. The third-order valence-corrected chi connectivity index (χ3v) is 5.67. The lowest BCUT2D eigenvalue weighted by Gasteiger charge is -2.32. The van der Waals surface area contributed by atoms with Gasteiger partial charge in [0.25, 0.3) is 0 Å². The molecular weight excluding hydrogens is 439 g/mol. The molecule has 2 saturated heterocycles. The minimum Gasteiger partial charge on any atom is -0.379 e. The van der Waals surface area contributed by atoms with Crippen molar-refractivity contribution in [2.24, 2.45) is 4.99 Å². The molecule has 1 aliphatic carbocycles. The molecule has 1 saturated carbocycles. The summed E-state index contributed by atoms with van der Waals surface area (Å²) in [5.41, 5.74) is 1.45. The highest BCUT2D eigenvalue weighted by molar-refractivity contribution is 14.0. The quantitative estimate of drug-likeness (QED) is 0.417. The Labute approximate surface area is 174 Å². The molecule has 0 amide bonds. The third kappa shape index (κ3) is 4.70. The fraction of sp³-hybridized carbons (Fsp3) is 0.650. The lowest BCUT2D eigenvalue weighted by atomic mass is 10.1. The van der Waals surface area contributed by atoms with Gasteiger partial charge in [-0.3, -0.25) is 9.89 Å². The number of nitrogens with one attached hydrogen (secondary N) is 1. The Morgan fingerprint density at radius 3 is 2.69 bits per heavy atom. The van der Waals surface area contributed by atoms with Gasteiger partial charge in [0.15, 0.2) is 5.96 Å². The van der Waals surface area contributed by atoms with Gasteiger partial charge in [-0.25, -0.2) is 0 Å². The maximum absolute atomic E-state index is 5.50. The summed E-state index contributed by atoms with van der Waals surface area (Å²) >= 11 is 0. The van der Waals surface area contributed by atoms with E-state index in [9.17, 15) is 0 Å². The summed E-state index contributed by atoms with van der Waals surface area (Å²) in [5, 5.41) is 3.74. The van der Waals surface area contributed by atoms with Crippen LogP contribution in [-0.4, -0.2) is 73.8 Å². The van der Waals surface area contributed by atoms with Crippen LogP contribution in [-0.2, 0) is 4.74 Å². The van der Waals surface area contributed by atoms with Gasteiger partial charge in [-0.05, 0) is 25.3 Å². The number of morpholine rings is 1. The molecule has 1 N–H and O–H groups in total. The number of benzene rings is 1. The maximum atomic E-state index is 5.50. The molecule has 0 radical (unpaired) electrons. The van der Waals surface area contributed by atoms with Crippen molar-refractivity contribution in [1.29, 1.82) is 0 Å². The van der Waals surface area contributed by atoms with Crippen molar-refractivity contribution >= 4 is 29.9 Å². The first-order valence-corrected chi connectivity index (χ1v) is 9.78. The summed E-state index contributed by atoms with van der Waals surface area (Å²) in [7, 11) is 0.